The lowest BCUT2D eigenvalue weighted by atomic mass is 10.1. The predicted molar refractivity (Wildman–Crippen MR) is 56.1 cm³/mol. The molecule has 2 atom stereocenters. The van der Waals surface area contributed by atoms with Crippen molar-refractivity contribution < 1.29 is 14.7 Å². The van der Waals surface area contributed by atoms with Crippen LogP contribution in [0.3, 0.4) is 0 Å². The Morgan fingerprint density at radius 3 is 2.47 bits per heavy atom. The van der Waals surface area contributed by atoms with E-state index in [1.807, 2.05) is 0 Å². The zero-order chi connectivity index (χ0) is 11.8. The summed E-state index contributed by atoms with van der Waals surface area (Å²) in [6.07, 6.45) is 1.19. The van der Waals surface area contributed by atoms with E-state index in [1.165, 1.54) is 0 Å². The summed E-state index contributed by atoms with van der Waals surface area (Å²) >= 11 is 0. The fourth-order valence-corrected chi connectivity index (χ4v) is 1.04. The van der Waals surface area contributed by atoms with E-state index in [0.29, 0.717) is 19.4 Å². The Morgan fingerprint density at radius 1 is 1.40 bits per heavy atom. The van der Waals surface area contributed by atoms with Crippen molar-refractivity contribution in [3.63, 3.8) is 0 Å². The molecule has 6 nitrogen and oxygen atoms in total. The average Bonchev–Trinajstić information content (AvgIpc) is 2.10. The van der Waals surface area contributed by atoms with Gasteiger partial charge in [0.2, 0.25) is 5.91 Å². The first-order chi connectivity index (χ1) is 6.93. The SMILES string of the molecule is CC(N)CC(=O)NCCC[C@H](N)C(=O)O. The molecule has 0 aromatic carbocycles. The molecule has 1 unspecified atom stereocenters. The minimum absolute atomic E-state index is 0.117. The second-order valence-electron chi connectivity index (χ2n) is 3.62. The quantitative estimate of drug-likeness (QED) is 0.409. The summed E-state index contributed by atoms with van der Waals surface area (Å²) in [6.45, 7) is 2.19. The second-order valence-corrected chi connectivity index (χ2v) is 3.62. The molecule has 6 N–H and O–H groups in total. The van der Waals surface area contributed by atoms with Crippen LogP contribution in [0.2, 0.25) is 0 Å². The van der Waals surface area contributed by atoms with Gasteiger partial charge in [-0.05, 0) is 19.8 Å². The zero-order valence-electron chi connectivity index (χ0n) is 8.90. The molecular weight excluding hydrogens is 198 g/mol. The van der Waals surface area contributed by atoms with Gasteiger partial charge in [-0.2, -0.15) is 0 Å². The van der Waals surface area contributed by atoms with Gasteiger partial charge in [0.05, 0.1) is 0 Å². The van der Waals surface area contributed by atoms with E-state index < -0.39 is 12.0 Å². The molecule has 0 saturated carbocycles. The number of carbonyl (C=O) groups excluding carboxylic acids is 1. The molecule has 15 heavy (non-hydrogen) atoms. The van der Waals surface area contributed by atoms with E-state index in [4.69, 9.17) is 16.6 Å². The molecule has 0 bridgehead atoms. The van der Waals surface area contributed by atoms with Gasteiger partial charge in [0, 0.05) is 19.0 Å². The number of nitrogens with one attached hydrogen (secondary N) is 1. The van der Waals surface area contributed by atoms with Crippen LogP contribution < -0.4 is 16.8 Å². The highest BCUT2D eigenvalue weighted by Crippen LogP contribution is 1.93. The summed E-state index contributed by atoms with van der Waals surface area (Å²) in [5.74, 6) is -1.13. The van der Waals surface area contributed by atoms with Gasteiger partial charge in [0.15, 0.2) is 0 Å². The van der Waals surface area contributed by atoms with Gasteiger partial charge in [0.25, 0.3) is 0 Å². The van der Waals surface area contributed by atoms with Crippen LogP contribution in [0.1, 0.15) is 26.2 Å². The minimum atomic E-state index is -1.02. The fraction of sp³-hybridized carbons (Fsp3) is 0.778. The Hall–Kier alpha value is -1.14. The Labute approximate surface area is 89.0 Å². The van der Waals surface area contributed by atoms with Crippen molar-refractivity contribution >= 4 is 11.9 Å². The maximum Gasteiger partial charge on any atom is 0.320 e. The number of carboxylic acid groups (broad SMARTS) is 1. The fourth-order valence-electron chi connectivity index (χ4n) is 1.04. The largest absolute Gasteiger partial charge is 0.480 e. The average molecular weight is 217 g/mol. The molecule has 6 heteroatoms. The van der Waals surface area contributed by atoms with Gasteiger partial charge in [-0.3, -0.25) is 9.59 Å². The number of carboxylic acids is 1. The van der Waals surface area contributed by atoms with Crippen molar-refractivity contribution in [1.82, 2.24) is 5.32 Å². The molecule has 0 spiro atoms. The van der Waals surface area contributed by atoms with Crippen LogP contribution in [0.15, 0.2) is 0 Å². The van der Waals surface area contributed by atoms with Gasteiger partial charge in [-0.15, -0.1) is 0 Å². The van der Waals surface area contributed by atoms with E-state index >= 15 is 0 Å². The van der Waals surface area contributed by atoms with E-state index in [9.17, 15) is 9.59 Å². The normalized spacial score (nSPS) is 14.3. The van der Waals surface area contributed by atoms with Gasteiger partial charge in [0.1, 0.15) is 6.04 Å². The molecule has 0 heterocycles. The molecule has 88 valence electrons. The summed E-state index contributed by atoms with van der Waals surface area (Å²) in [7, 11) is 0. The molecular formula is C9H19N3O3. The third-order valence-electron chi connectivity index (χ3n) is 1.84. The molecule has 0 radical (unpaired) electrons. The topological polar surface area (TPSA) is 118 Å². The monoisotopic (exact) mass is 217 g/mol. The second kappa shape index (κ2) is 7.19. The van der Waals surface area contributed by atoms with Gasteiger partial charge in [-0.1, -0.05) is 0 Å². The summed E-state index contributed by atoms with van der Waals surface area (Å²) in [5, 5.41) is 11.1. The van der Waals surface area contributed by atoms with Crippen molar-refractivity contribution in [3.8, 4) is 0 Å². The first-order valence-corrected chi connectivity index (χ1v) is 4.94. The number of amides is 1. The first-order valence-electron chi connectivity index (χ1n) is 4.94. The van der Waals surface area contributed by atoms with Crippen molar-refractivity contribution in [2.75, 3.05) is 6.54 Å². The van der Waals surface area contributed by atoms with Gasteiger partial charge >= 0.3 is 5.97 Å². The molecule has 0 aliphatic carbocycles. The van der Waals surface area contributed by atoms with Crippen LogP contribution in [-0.4, -0.2) is 35.6 Å². The molecule has 0 saturated heterocycles. The van der Waals surface area contributed by atoms with Crippen molar-refractivity contribution in [3.05, 3.63) is 0 Å². The summed E-state index contributed by atoms with van der Waals surface area (Å²) in [6, 6.07) is -1.01. The molecule has 0 aromatic heterocycles. The van der Waals surface area contributed by atoms with Crippen LogP contribution >= 0.6 is 0 Å². The Morgan fingerprint density at radius 2 is 2.00 bits per heavy atom. The highest BCUT2D eigenvalue weighted by Gasteiger charge is 2.10. The maximum atomic E-state index is 11.1. The van der Waals surface area contributed by atoms with Gasteiger partial charge in [-0.25, -0.2) is 0 Å². The summed E-state index contributed by atoms with van der Waals surface area (Å²) in [5.41, 5.74) is 10.7. The lowest BCUT2D eigenvalue weighted by molar-refractivity contribution is -0.138. The summed E-state index contributed by atoms with van der Waals surface area (Å²) in [4.78, 5) is 21.4. The van der Waals surface area contributed by atoms with Crippen molar-refractivity contribution in [2.45, 2.75) is 38.3 Å². The summed E-state index contributed by atoms with van der Waals surface area (Å²) < 4.78 is 0. The number of hydrogen-bond acceptors (Lipinski definition) is 4. The lowest BCUT2D eigenvalue weighted by Crippen LogP contribution is -2.33. The number of nitrogens with two attached hydrogens (primary N) is 2. The Bertz CT molecular complexity index is 219. The number of rotatable bonds is 7. The van der Waals surface area contributed by atoms with E-state index in [0.717, 1.165) is 0 Å². The molecule has 1 amide bonds. The lowest BCUT2D eigenvalue weighted by Gasteiger charge is -2.08. The Kier molecular flexibility index (Phi) is 6.64. The predicted octanol–water partition coefficient (Wildman–Crippen LogP) is -0.968. The van der Waals surface area contributed by atoms with Crippen LogP contribution in [0.5, 0.6) is 0 Å². The number of hydrogen-bond donors (Lipinski definition) is 4. The highest BCUT2D eigenvalue weighted by atomic mass is 16.4. The third-order valence-corrected chi connectivity index (χ3v) is 1.84. The molecule has 0 fully saturated rings. The smallest absolute Gasteiger partial charge is 0.320 e. The highest BCUT2D eigenvalue weighted by molar-refractivity contribution is 5.76. The first kappa shape index (κ1) is 13.9. The molecule has 0 aliphatic rings. The standard InChI is InChI=1S/C9H19N3O3/c1-6(10)5-8(13)12-4-2-3-7(11)9(14)15/h6-7H,2-5,10-11H2,1H3,(H,12,13)(H,14,15)/t6?,7-/m0/s1. The Balaban J connectivity index is 3.46. The number of aliphatic carboxylic acids is 1. The third kappa shape index (κ3) is 7.90. The van der Waals surface area contributed by atoms with Crippen molar-refractivity contribution in [2.24, 2.45) is 11.5 Å². The zero-order valence-corrected chi connectivity index (χ0v) is 8.90. The maximum absolute atomic E-state index is 11.1. The van der Waals surface area contributed by atoms with Crippen LogP contribution in [-0.2, 0) is 9.59 Å². The van der Waals surface area contributed by atoms with Gasteiger partial charge < -0.3 is 21.9 Å². The van der Waals surface area contributed by atoms with E-state index in [1.54, 1.807) is 6.92 Å². The number of carbonyl (C=O) groups is 2. The molecule has 0 rings (SSSR count). The molecule has 0 aliphatic heterocycles. The van der Waals surface area contributed by atoms with Crippen LogP contribution in [0, 0.1) is 0 Å². The van der Waals surface area contributed by atoms with Crippen LogP contribution in [0.4, 0.5) is 0 Å². The molecule has 0 aromatic rings. The minimum Gasteiger partial charge on any atom is -0.480 e. The van der Waals surface area contributed by atoms with E-state index in [2.05, 4.69) is 5.32 Å². The van der Waals surface area contributed by atoms with Crippen molar-refractivity contribution in [1.29, 1.82) is 0 Å². The van der Waals surface area contributed by atoms with E-state index in [-0.39, 0.29) is 18.4 Å². The van der Waals surface area contributed by atoms with Crippen LogP contribution in [0.25, 0.3) is 0 Å².